The van der Waals surface area contributed by atoms with Crippen LogP contribution in [-0.2, 0) is 14.8 Å². The molecule has 1 fully saturated rings. The SMILES string of the molecule is CC(C)(C)OC(=O)Nc1cccc(-c2ccc(S(=O)(=O)N3CCCC3)cc2)n1. The molecule has 1 aliphatic heterocycles. The quantitative estimate of drug-likeness (QED) is 0.837. The van der Waals surface area contributed by atoms with Crippen molar-refractivity contribution in [2.75, 3.05) is 18.4 Å². The number of amides is 1. The number of benzene rings is 1. The van der Waals surface area contributed by atoms with Crippen molar-refractivity contribution in [1.29, 1.82) is 0 Å². The topological polar surface area (TPSA) is 88.6 Å². The van der Waals surface area contributed by atoms with E-state index in [0.717, 1.165) is 18.4 Å². The smallest absolute Gasteiger partial charge is 0.413 e. The molecular weight excluding hydrogens is 378 g/mol. The third-order valence-electron chi connectivity index (χ3n) is 4.23. The molecule has 0 aliphatic carbocycles. The minimum absolute atomic E-state index is 0.279. The van der Waals surface area contributed by atoms with E-state index in [-0.39, 0.29) is 4.90 Å². The molecule has 1 N–H and O–H groups in total. The summed E-state index contributed by atoms with van der Waals surface area (Å²) in [6, 6.07) is 11.9. The van der Waals surface area contributed by atoms with Crippen molar-refractivity contribution < 1.29 is 17.9 Å². The van der Waals surface area contributed by atoms with Crippen LogP contribution in [0.15, 0.2) is 47.4 Å². The van der Waals surface area contributed by atoms with E-state index < -0.39 is 21.7 Å². The number of ether oxygens (including phenoxy) is 1. The highest BCUT2D eigenvalue weighted by molar-refractivity contribution is 7.89. The highest BCUT2D eigenvalue weighted by atomic mass is 32.2. The van der Waals surface area contributed by atoms with Gasteiger partial charge in [-0.3, -0.25) is 5.32 Å². The Morgan fingerprint density at radius 1 is 1.07 bits per heavy atom. The number of nitrogens with zero attached hydrogens (tertiary/aromatic N) is 2. The van der Waals surface area contributed by atoms with Crippen LogP contribution in [0.4, 0.5) is 10.6 Å². The number of nitrogens with one attached hydrogen (secondary N) is 1. The number of pyridine rings is 1. The number of hydrogen-bond acceptors (Lipinski definition) is 5. The van der Waals surface area contributed by atoms with Crippen molar-refractivity contribution in [3.05, 3.63) is 42.5 Å². The van der Waals surface area contributed by atoms with E-state index in [1.165, 1.54) is 4.31 Å². The summed E-state index contributed by atoms with van der Waals surface area (Å²) in [5.41, 5.74) is 0.783. The average molecular weight is 404 g/mol. The molecule has 1 aromatic heterocycles. The van der Waals surface area contributed by atoms with Crippen LogP contribution in [0, 0.1) is 0 Å². The van der Waals surface area contributed by atoms with Crippen molar-refractivity contribution in [1.82, 2.24) is 9.29 Å². The second kappa shape index (κ2) is 7.89. The maximum absolute atomic E-state index is 12.6. The summed E-state index contributed by atoms with van der Waals surface area (Å²) in [5.74, 6) is 0.362. The predicted molar refractivity (Wildman–Crippen MR) is 108 cm³/mol. The fraction of sp³-hybridized carbons (Fsp3) is 0.400. The Balaban J connectivity index is 1.76. The number of carbonyl (C=O) groups is 1. The second-order valence-corrected chi connectivity index (χ2v) is 9.61. The third-order valence-corrected chi connectivity index (χ3v) is 6.14. The summed E-state index contributed by atoms with van der Waals surface area (Å²) in [6.45, 7) is 6.50. The zero-order valence-electron chi connectivity index (χ0n) is 16.3. The Kier molecular flexibility index (Phi) is 5.71. The maximum atomic E-state index is 12.6. The van der Waals surface area contributed by atoms with Gasteiger partial charge in [0.15, 0.2) is 0 Å². The van der Waals surface area contributed by atoms with Crippen LogP contribution < -0.4 is 5.32 Å². The van der Waals surface area contributed by atoms with Gasteiger partial charge in [0.05, 0.1) is 10.6 Å². The Bertz CT molecular complexity index is 944. The number of sulfonamides is 1. The summed E-state index contributed by atoms with van der Waals surface area (Å²) in [7, 11) is -3.44. The van der Waals surface area contributed by atoms with E-state index >= 15 is 0 Å². The first kappa shape index (κ1) is 20.3. The zero-order chi connectivity index (χ0) is 20.4. The lowest BCUT2D eigenvalue weighted by Crippen LogP contribution is -2.27. The van der Waals surface area contributed by atoms with Gasteiger partial charge in [-0.15, -0.1) is 0 Å². The zero-order valence-corrected chi connectivity index (χ0v) is 17.1. The van der Waals surface area contributed by atoms with E-state index in [1.807, 2.05) is 0 Å². The standard InChI is InChI=1S/C20H25N3O4S/c1-20(2,3)27-19(24)22-18-8-6-7-17(21-18)15-9-11-16(12-10-15)28(25,26)23-13-4-5-14-23/h6-12H,4-5,13-14H2,1-3H3,(H,21,22,24). The first-order valence-corrected chi connectivity index (χ1v) is 10.7. The molecule has 8 heteroatoms. The largest absolute Gasteiger partial charge is 0.444 e. The first-order chi connectivity index (χ1) is 13.1. The maximum Gasteiger partial charge on any atom is 0.413 e. The molecular formula is C20H25N3O4S. The van der Waals surface area contributed by atoms with Crippen LogP contribution in [0.5, 0.6) is 0 Å². The summed E-state index contributed by atoms with van der Waals surface area (Å²) in [4.78, 5) is 16.6. The number of aromatic nitrogens is 1. The van der Waals surface area contributed by atoms with Gasteiger partial charge in [0.2, 0.25) is 10.0 Å². The molecule has 28 heavy (non-hydrogen) atoms. The normalized spacial score (nSPS) is 15.4. The third kappa shape index (κ3) is 4.88. The van der Waals surface area contributed by atoms with E-state index in [2.05, 4.69) is 10.3 Å². The van der Waals surface area contributed by atoms with Gasteiger partial charge >= 0.3 is 6.09 Å². The summed E-state index contributed by atoms with van der Waals surface area (Å²) in [5, 5.41) is 2.61. The fourth-order valence-corrected chi connectivity index (χ4v) is 4.47. The molecule has 2 heterocycles. The van der Waals surface area contributed by atoms with Gasteiger partial charge in [-0.2, -0.15) is 4.31 Å². The van der Waals surface area contributed by atoms with Crippen LogP contribution in [-0.4, -0.2) is 42.5 Å². The predicted octanol–water partition coefficient (Wildman–Crippen LogP) is 3.88. The highest BCUT2D eigenvalue weighted by Crippen LogP contribution is 2.25. The molecule has 1 aliphatic rings. The van der Waals surface area contributed by atoms with Crippen molar-refractivity contribution in [3.63, 3.8) is 0 Å². The molecule has 0 saturated carbocycles. The first-order valence-electron chi connectivity index (χ1n) is 9.23. The Hall–Kier alpha value is -2.45. The second-order valence-electron chi connectivity index (χ2n) is 7.67. The Morgan fingerprint density at radius 2 is 1.71 bits per heavy atom. The molecule has 0 atom stereocenters. The van der Waals surface area contributed by atoms with Crippen molar-refractivity contribution in [2.45, 2.75) is 44.1 Å². The van der Waals surface area contributed by atoms with Crippen LogP contribution in [0.25, 0.3) is 11.3 Å². The van der Waals surface area contributed by atoms with Crippen molar-refractivity contribution >= 4 is 21.9 Å². The molecule has 1 aromatic carbocycles. The van der Waals surface area contributed by atoms with Crippen LogP contribution in [0.1, 0.15) is 33.6 Å². The number of rotatable bonds is 4. The lowest BCUT2D eigenvalue weighted by atomic mass is 10.1. The number of carbonyl (C=O) groups excluding carboxylic acids is 1. The average Bonchev–Trinajstić information content (AvgIpc) is 3.16. The molecule has 1 amide bonds. The van der Waals surface area contributed by atoms with Crippen LogP contribution >= 0.6 is 0 Å². The number of hydrogen-bond donors (Lipinski definition) is 1. The molecule has 0 spiro atoms. The van der Waals surface area contributed by atoms with Crippen molar-refractivity contribution in [3.8, 4) is 11.3 Å². The minimum atomic E-state index is -3.44. The van der Waals surface area contributed by atoms with Gasteiger partial charge in [-0.1, -0.05) is 18.2 Å². The monoisotopic (exact) mass is 403 g/mol. The summed E-state index contributed by atoms with van der Waals surface area (Å²) >= 11 is 0. The van der Waals surface area contributed by atoms with E-state index in [1.54, 1.807) is 63.2 Å². The van der Waals surface area contributed by atoms with Gasteiger partial charge in [0, 0.05) is 18.7 Å². The minimum Gasteiger partial charge on any atom is -0.444 e. The summed E-state index contributed by atoms with van der Waals surface area (Å²) in [6.07, 6.45) is 1.22. The lowest BCUT2D eigenvalue weighted by Gasteiger charge is -2.19. The molecule has 0 radical (unpaired) electrons. The van der Waals surface area contributed by atoms with Gasteiger partial charge in [0.1, 0.15) is 11.4 Å². The highest BCUT2D eigenvalue weighted by Gasteiger charge is 2.27. The molecule has 2 aromatic rings. The summed E-state index contributed by atoms with van der Waals surface area (Å²) < 4.78 is 32.0. The molecule has 0 unspecified atom stereocenters. The van der Waals surface area contributed by atoms with E-state index in [0.29, 0.717) is 24.6 Å². The molecule has 3 rings (SSSR count). The van der Waals surface area contributed by atoms with Crippen LogP contribution in [0.3, 0.4) is 0 Å². The molecule has 150 valence electrons. The molecule has 1 saturated heterocycles. The van der Waals surface area contributed by atoms with E-state index in [4.69, 9.17) is 4.74 Å². The Labute approximate surface area is 165 Å². The van der Waals surface area contributed by atoms with Gasteiger partial charge in [-0.05, 0) is 57.9 Å². The van der Waals surface area contributed by atoms with Gasteiger partial charge in [-0.25, -0.2) is 18.2 Å². The van der Waals surface area contributed by atoms with Gasteiger partial charge in [0.25, 0.3) is 0 Å². The van der Waals surface area contributed by atoms with Crippen molar-refractivity contribution in [2.24, 2.45) is 0 Å². The number of anilines is 1. The van der Waals surface area contributed by atoms with Crippen LogP contribution in [0.2, 0.25) is 0 Å². The lowest BCUT2D eigenvalue weighted by molar-refractivity contribution is 0.0635. The Morgan fingerprint density at radius 3 is 2.32 bits per heavy atom. The fourth-order valence-electron chi connectivity index (χ4n) is 2.95. The van der Waals surface area contributed by atoms with Gasteiger partial charge < -0.3 is 4.74 Å². The molecule has 0 bridgehead atoms. The van der Waals surface area contributed by atoms with E-state index in [9.17, 15) is 13.2 Å². The molecule has 7 nitrogen and oxygen atoms in total.